The number of hydrogen-bond acceptors (Lipinski definition) is 4. The fraction of sp³-hybridized carbons (Fsp3) is 0.350. The van der Waals surface area contributed by atoms with Crippen LogP contribution in [-0.4, -0.2) is 34.0 Å². The van der Waals surface area contributed by atoms with Crippen molar-refractivity contribution in [1.82, 2.24) is 0 Å². The Kier molecular flexibility index (Phi) is 4.63. The van der Waals surface area contributed by atoms with E-state index in [-0.39, 0.29) is 23.2 Å². The summed E-state index contributed by atoms with van der Waals surface area (Å²) in [6.45, 7) is 3.05. The summed E-state index contributed by atoms with van der Waals surface area (Å²) >= 11 is 0. The van der Waals surface area contributed by atoms with Gasteiger partial charge in [-0.15, -0.1) is 0 Å². The summed E-state index contributed by atoms with van der Waals surface area (Å²) in [6, 6.07) is 8.04. The molecule has 1 amide bonds. The van der Waals surface area contributed by atoms with Crippen molar-refractivity contribution in [2.24, 2.45) is 5.14 Å². The van der Waals surface area contributed by atoms with Crippen molar-refractivity contribution in [3.8, 4) is 0 Å². The van der Waals surface area contributed by atoms with E-state index < -0.39 is 10.0 Å². The summed E-state index contributed by atoms with van der Waals surface area (Å²) in [5.74, 6) is -0.419. The van der Waals surface area contributed by atoms with Crippen LogP contribution in [0.3, 0.4) is 0 Å². The van der Waals surface area contributed by atoms with Crippen molar-refractivity contribution in [3.05, 3.63) is 52.8 Å². The van der Waals surface area contributed by atoms with Crippen LogP contribution >= 0.6 is 0 Å². The maximum Gasteiger partial charge on any atom is 0.246 e. The number of sulfonamides is 1. The number of rotatable bonds is 3. The lowest BCUT2D eigenvalue weighted by molar-refractivity contribution is -0.117. The van der Waals surface area contributed by atoms with Crippen LogP contribution < -0.4 is 14.9 Å². The van der Waals surface area contributed by atoms with Crippen molar-refractivity contribution in [2.75, 3.05) is 29.4 Å². The number of carbonyl (C=O) groups excluding carboxylic acids is 1. The van der Waals surface area contributed by atoms with Crippen LogP contribution in [-0.2, 0) is 27.7 Å². The molecule has 0 saturated heterocycles. The summed E-state index contributed by atoms with van der Waals surface area (Å²) in [6.07, 6.45) is 2.24. The SMILES string of the molecule is Cc1cc(F)c2c(c1)CCCN2CC(=O)N1CCc2cc(S(N)(=O)=O)ccc21. The van der Waals surface area contributed by atoms with Crippen LogP contribution in [0, 0.1) is 12.7 Å². The van der Waals surface area contributed by atoms with Gasteiger partial charge in [-0.2, -0.15) is 0 Å². The fourth-order valence-electron chi connectivity index (χ4n) is 4.14. The van der Waals surface area contributed by atoms with Crippen molar-refractivity contribution < 1.29 is 17.6 Å². The van der Waals surface area contributed by atoms with Gasteiger partial charge in [-0.3, -0.25) is 4.79 Å². The number of nitrogens with zero attached hydrogens (tertiary/aromatic N) is 2. The third-order valence-corrected chi connectivity index (χ3v) is 6.29. The topological polar surface area (TPSA) is 83.7 Å². The van der Waals surface area contributed by atoms with E-state index in [9.17, 15) is 17.6 Å². The standard InChI is InChI=1S/C20H22FN3O3S/c1-13-9-15-3-2-7-23(20(15)17(21)10-13)12-19(25)24-8-6-14-11-16(28(22,26)27)4-5-18(14)24/h4-5,9-11H,2-3,6-8,12H2,1H3,(H2,22,26,27). The molecule has 2 aromatic carbocycles. The molecular formula is C20H22FN3O3S. The Labute approximate surface area is 163 Å². The van der Waals surface area contributed by atoms with E-state index in [2.05, 4.69) is 0 Å². The first-order valence-corrected chi connectivity index (χ1v) is 10.8. The van der Waals surface area contributed by atoms with E-state index in [1.165, 1.54) is 18.2 Å². The van der Waals surface area contributed by atoms with E-state index in [0.29, 0.717) is 30.9 Å². The van der Waals surface area contributed by atoms with Gasteiger partial charge >= 0.3 is 0 Å². The Morgan fingerprint density at radius 1 is 1.14 bits per heavy atom. The summed E-state index contributed by atoms with van der Waals surface area (Å²) < 4.78 is 37.6. The normalized spacial score (nSPS) is 16.1. The van der Waals surface area contributed by atoms with Gasteiger partial charge in [-0.25, -0.2) is 17.9 Å². The first-order valence-electron chi connectivity index (χ1n) is 9.24. The second-order valence-electron chi connectivity index (χ2n) is 7.41. The zero-order valence-electron chi connectivity index (χ0n) is 15.6. The van der Waals surface area contributed by atoms with Gasteiger partial charge in [0.1, 0.15) is 5.82 Å². The second kappa shape index (κ2) is 6.86. The third kappa shape index (κ3) is 3.38. The van der Waals surface area contributed by atoms with Crippen molar-refractivity contribution >= 4 is 27.3 Å². The first-order chi connectivity index (χ1) is 13.2. The van der Waals surface area contributed by atoms with Gasteiger partial charge in [0.05, 0.1) is 17.1 Å². The number of halogens is 1. The maximum absolute atomic E-state index is 14.6. The number of anilines is 2. The van der Waals surface area contributed by atoms with Gasteiger partial charge in [-0.05, 0) is 67.1 Å². The molecule has 0 saturated carbocycles. The first kappa shape index (κ1) is 18.9. The van der Waals surface area contributed by atoms with Crippen LogP contribution in [0.1, 0.15) is 23.1 Å². The number of carbonyl (C=O) groups is 1. The average molecular weight is 403 g/mol. The lowest BCUT2D eigenvalue weighted by Crippen LogP contribution is -2.42. The van der Waals surface area contributed by atoms with Crippen LogP contribution in [0.4, 0.5) is 15.8 Å². The quantitative estimate of drug-likeness (QED) is 0.851. The zero-order chi connectivity index (χ0) is 20.1. The Balaban J connectivity index is 1.58. The third-order valence-electron chi connectivity index (χ3n) is 5.38. The predicted octanol–water partition coefficient (Wildman–Crippen LogP) is 2.12. The lowest BCUT2D eigenvalue weighted by atomic mass is 9.99. The van der Waals surface area contributed by atoms with E-state index in [1.54, 1.807) is 11.0 Å². The van der Waals surface area contributed by atoms with Gasteiger partial charge in [0.15, 0.2) is 0 Å². The number of amides is 1. The lowest BCUT2D eigenvalue weighted by Gasteiger charge is -2.32. The molecule has 8 heteroatoms. The maximum atomic E-state index is 14.6. The molecule has 2 aliphatic heterocycles. The highest BCUT2D eigenvalue weighted by Gasteiger charge is 2.29. The van der Waals surface area contributed by atoms with Gasteiger partial charge < -0.3 is 9.80 Å². The molecular weight excluding hydrogens is 381 g/mol. The van der Waals surface area contributed by atoms with Crippen LogP contribution in [0.25, 0.3) is 0 Å². The Hall–Kier alpha value is -2.45. The molecule has 0 bridgehead atoms. The molecule has 2 heterocycles. The highest BCUT2D eigenvalue weighted by Crippen LogP contribution is 2.33. The number of primary sulfonamides is 1. The Bertz CT molecular complexity index is 1070. The molecule has 6 nitrogen and oxygen atoms in total. The molecule has 28 heavy (non-hydrogen) atoms. The predicted molar refractivity (Wildman–Crippen MR) is 106 cm³/mol. The number of fused-ring (bicyclic) bond motifs is 2. The van der Waals surface area contributed by atoms with E-state index in [4.69, 9.17) is 5.14 Å². The molecule has 0 fully saturated rings. The van der Waals surface area contributed by atoms with Gasteiger partial charge in [0.2, 0.25) is 15.9 Å². The number of benzene rings is 2. The van der Waals surface area contributed by atoms with Crippen molar-refractivity contribution in [2.45, 2.75) is 31.1 Å². The molecule has 2 aliphatic rings. The molecule has 0 radical (unpaired) electrons. The van der Waals surface area contributed by atoms with Gasteiger partial charge in [0, 0.05) is 18.8 Å². The summed E-state index contributed by atoms with van der Waals surface area (Å²) in [5, 5.41) is 5.19. The smallest absolute Gasteiger partial charge is 0.246 e. The summed E-state index contributed by atoms with van der Waals surface area (Å²) in [5.41, 5.74) is 3.81. The summed E-state index contributed by atoms with van der Waals surface area (Å²) in [4.78, 5) is 16.5. The van der Waals surface area contributed by atoms with Crippen molar-refractivity contribution in [3.63, 3.8) is 0 Å². The fourth-order valence-corrected chi connectivity index (χ4v) is 4.71. The van der Waals surface area contributed by atoms with E-state index >= 15 is 0 Å². The minimum absolute atomic E-state index is 0.0444. The molecule has 0 unspecified atom stereocenters. The van der Waals surface area contributed by atoms with E-state index in [1.807, 2.05) is 17.9 Å². The van der Waals surface area contributed by atoms with Crippen LogP contribution in [0.15, 0.2) is 35.2 Å². The van der Waals surface area contributed by atoms with Crippen LogP contribution in [0.2, 0.25) is 0 Å². The van der Waals surface area contributed by atoms with Gasteiger partial charge in [0.25, 0.3) is 0 Å². The number of hydrogen-bond donors (Lipinski definition) is 1. The molecule has 2 N–H and O–H groups in total. The number of nitrogens with two attached hydrogens (primary N) is 1. The minimum atomic E-state index is -3.78. The average Bonchev–Trinajstić information content (AvgIpc) is 3.03. The summed E-state index contributed by atoms with van der Waals surface area (Å²) in [7, 11) is -3.78. The Morgan fingerprint density at radius 3 is 2.68 bits per heavy atom. The Morgan fingerprint density at radius 2 is 1.93 bits per heavy atom. The largest absolute Gasteiger partial charge is 0.360 e. The van der Waals surface area contributed by atoms with Crippen LogP contribution in [0.5, 0.6) is 0 Å². The number of aryl methyl sites for hydroxylation is 2. The highest BCUT2D eigenvalue weighted by molar-refractivity contribution is 7.89. The molecule has 2 aromatic rings. The van der Waals surface area contributed by atoms with Crippen molar-refractivity contribution in [1.29, 1.82) is 0 Å². The highest BCUT2D eigenvalue weighted by atomic mass is 32.2. The molecule has 0 aromatic heterocycles. The second-order valence-corrected chi connectivity index (χ2v) is 8.97. The molecule has 4 rings (SSSR count). The molecule has 148 valence electrons. The molecule has 0 atom stereocenters. The minimum Gasteiger partial charge on any atom is -0.360 e. The molecule has 0 spiro atoms. The molecule has 0 aliphatic carbocycles. The van der Waals surface area contributed by atoms with E-state index in [0.717, 1.165) is 29.5 Å². The van der Waals surface area contributed by atoms with Gasteiger partial charge in [-0.1, -0.05) is 6.07 Å². The zero-order valence-corrected chi connectivity index (χ0v) is 16.4. The monoisotopic (exact) mass is 403 g/mol.